The number of anilines is 2. The highest BCUT2D eigenvalue weighted by Gasteiger charge is 2.50. The Balaban J connectivity index is 0.774. The maximum absolute atomic E-state index is 15.1. The van der Waals surface area contributed by atoms with Crippen LogP contribution in [0, 0.1) is 29.6 Å². The van der Waals surface area contributed by atoms with Gasteiger partial charge in [-0.15, -0.1) is 0 Å². The fourth-order valence-corrected chi connectivity index (χ4v) is 21.3. The van der Waals surface area contributed by atoms with Crippen molar-refractivity contribution in [2.75, 3.05) is 111 Å². The Morgan fingerprint density at radius 1 is 0.645 bits per heavy atom. The molecule has 11 heterocycles. The predicted octanol–water partition coefficient (Wildman–Crippen LogP) is 4.95. The zero-order valence-electron chi connectivity index (χ0n) is 69.3. The zero-order valence-corrected chi connectivity index (χ0v) is 78.0. The van der Waals surface area contributed by atoms with Crippen LogP contribution >= 0.6 is 79.8 Å². The number of nitrogens with two attached hydrogens (primary N) is 3. The number of aromatic nitrogens is 10. The minimum Gasteiger partial charge on any atom is -0.394 e. The lowest BCUT2D eigenvalue weighted by Crippen LogP contribution is -2.38. The first kappa shape index (κ1) is 99.4. The lowest BCUT2D eigenvalue weighted by atomic mass is 9.89. The topological polar surface area (TPSA) is 571 Å². The number of aliphatic hydroxyl groups is 1. The number of nitrogens with one attached hydrogen (secondary N) is 5. The number of hydrogen-bond acceptors (Lipinski definition) is 38. The summed E-state index contributed by atoms with van der Waals surface area (Å²) < 4.78 is 154. The molecular formula is C70H108BrN17O28P4S4. The van der Waals surface area contributed by atoms with Crippen molar-refractivity contribution in [2.24, 2.45) is 33.4 Å². The SMILES string of the molecule is Cc1cn([C@H]2CC(OP(=S)(OCCOCCOCCNC(=O)CC(C)(C)COCC(C)(C)CNC(C)C)OC[C@H]3O[C@@H](n4ccc(N)nc4=O)CC3C(C)C)[C@@H](COP(=O)(S)OC3C[C@H](n4cnc5c(=O)[nH]c(N)nc54)O[C@@H]3COP(=O)(S)OC3C[C@H](N4C=CC(N)=NC4)O[C@@H]3COP(=O)(S)OC3C[C@H](n4cc(Br)c(=O)[nH]c4=O)O[C@@H]3CO)O2)c(=O)[nH]c1=O. The van der Waals surface area contributed by atoms with Gasteiger partial charge in [0, 0.05) is 87.0 Å². The number of amidine groups is 1. The Morgan fingerprint density at radius 3 is 1.76 bits per heavy atom. The molecule has 6 aliphatic rings. The second-order valence-corrected chi connectivity index (χ2v) is 44.9. The number of nitrogens with zero attached hydrogens (tertiary/aromatic N) is 9. The van der Waals surface area contributed by atoms with Crippen LogP contribution in [0.2, 0.25) is 0 Å². The Labute approximate surface area is 740 Å². The molecule has 54 heteroatoms. The van der Waals surface area contributed by atoms with Gasteiger partial charge in [-0.3, -0.25) is 79.5 Å². The van der Waals surface area contributed by atoms with E-state index in [4.69, 9.17) is 108 Å². The average Bonchev–Trinajstić information content (AvgIpc) is 1.62. The van der Waals surface area contributed by atoms with Crippen molar-refractivity contribution in [2.45, 2.75) is 193 Å². The monoisotopic (exact) mass is 1970 g/mol. The molecule has 1 amide bonds. The second kappa shape index (κ2) is 43.2. The summed E-state index contributed by atoms with van der Waals surface area (Å²) in [5.74, 6) is -0.467. The van der Waals surface area contributed by atoms with Crippen LogP contribution in [-0.4, -0.2) is 236 Å². The lowest BCUT2D eigenvalue weighted by molar-refractivity contribution is -0.124. The number of aliphatic imine (C=N–C) groups is 1. The number of carbonyl (C=O) groups excluding carboxylic acids is 1. The summed E-state index contributed by atoms with van der Waals surface area (Å²) in [6.07, 6.45) is -8.15. The minimum atomic E-state index is -4.77. The van der Waals surface area contributed by atoms with Crippen LogP contribution in [0.25, 0.3) is 11.2 Å². The number of ether oxygens (including phenoxy) is 8. The van der Waals surface area contributed by atoms with Gasteiger partial charge in [0.15, 0.2) is 11.2 Å². The number of H-pyrrole nitrogens is 3. The van der Waals surface area contributed by atoms with E-state index in [1.54, 1.807) is 11.1 Å². The van der Waals surface area contributed by atoms with E-state index >= 15 is 4.57 Å². The Morgan fingerprint density at radius 2 is 1.17 bits per heavy atom. The van der Waals surface area contributed by atoms with E-state index in [1.165, 1.54) is 53.1 Å². The van der Waals surface area contributed by atoms with Gasteiger partial charge in [-0.25, -0.2) is 38.1 Å². The van der Waals surface area contributed by atoms with Crippen LogP contribution in [0.5, 0.6) is 0 Å². The molecule has 0 saturated carbocycles. The van der Waals surface area contributed by atoms with Crippen molar-refractivity contribution in [3.8, 4) is 0 Å². The highest BCUT2D eigenvalue weighted by molar-refractivity contribution is 9.10. The van der Waals surface area contributed by atoms with Crippen molar-refractivity contribution in [1.29, 1.82) is 0 Å². The number of aromatic amines is 3. The molecule has 0 bridgehead atoms. The molecule has 9 unspecified atom stereocenters. The van der Waals surface area contributed by atoms with E-state index in [0.717, 1.165) is 15.7 Å². The molecular weight excluding hydrogens is 1860 g/mol. The van der Waals surface area contributed by atoms with Gasteiger partial charge in [-0.2, -0.15) is 9.97 Å². The number of halogens is 1. The van der Waals surface area contributed by atoms with E-state index in [2.05, 4.69) is 126 Å². The number of rotatable bonds is 46. The molecule has 12 N–H and O–H groups in total. The first-order valence-corrected chi connectivity index (χ1v) is 51.2. The average molecular weight is 1970 g/mol. The van der Waals surface area contributed by atoms with Gasteiger partial charge in [0.05, 0.1) is 102 Å². The number of aryl methyl sites for hydroxylation is 1. The summed E-state index contributed by atoms with van der Waals surface area (Å²) in [7, 11) is 0. The van der Waals surface area contributed by atoms with Crippen LogP contribution in [0.4, 0.5) is 11.8 Å². The quantitative estimate of drug-likeness (QED) is 0.0139. The summed E-state index contributed by atoms with van der Waals surface area (Å²) in [4.78, 5) is 116. The molecule has 5 aromatic rings. The molecule has 19 atom stereocenters. The molecule has 45 nitrogen and oxygen atoms in total. The molecule has 5 aromatic heterocycles. The van der Waals surface area contributed by atoms with E-state index in [-0.39, 0.29) is 147 Å². The molecule has 692 valence electrons. The Hall–Kier alpha value is -5.22. The van der Waals surface area contributed by atoms with Gasteiger partial charge < -0.3 is 89.3 Å². The first-order chi connectivity index (χ1) is 58.4. The van der Waals surface area contributed by atoms with Gasteiger partial charge in [0.2, 0.25) is 11.9 Å². The fourth-order valence-electron chi connectivity index (χ4n) is 14.3. The number of thiol groups is 3. The zero-order chi connectivity index (χ0) is 90.0. The Kier molecular flexibility index (Phi) is 34.6. The number of hydrogen-bond donors (Lipinski definition) is 12. The van der Waals surface area contributed by atoms with E-state index in [9.17, 15) is 47.8 Å². The third-order valence-corrected chi connectivity index (χ3v) is 28.5. The number of aliphatic hydroxyl groups excluding tert-OH is 1. The van der Waals surface area contributed by atoms with Crippen LogP contribution < -0.4 is 61.6 Å². The molecule has 0 spiro atoms. The summed E-state index contributed by atoms with van der Waals surface area (Å²) >= 11 is 22.4. The third kappa shape index (κ3) is 27.7. The highest BCUT2D eigenvalue weighted by Crippen LogP contribution is 2.61. The maximum Gasteiger partial charge on any atom is 0.386 e. The van der Waals surface area contributed by atoms with Gasteiger partial charge >= 0.3 is 44.2 Å². The van der Waals surface area contributed by atoms with Gasteiger partial charge in [-0.05, 0) is 70.5 Å². The van der Waals surface area contributed by atoms with Crippen molar-refractivity contribution in [3.05, 3.63) is 116 Å². The number of carbonyl (C=O) groups is 1. The fraction of sp³-hybridized carbons (Fsp3) is 0.700. The largest absolute Gasteiger partial charge is 0.394 e. The van der Waals surface area contributed by atoms with Gasteiger partial charge in [0.1, 0.15) is 92.2 Å². The molecule has 6 aliphatic heterocycles. The van der Waals surface area contributed by atoms with E-state index in [0.29, 0.717) is 25.7 Å². The number of imidazole rings is 1. The van der Waals surface area contributed by atoms with Crippen LogP contribution in [0.3, 0.4) is 0 Å². The van der Waals surface area contributed by atoms with Gasteiger partial charge in [0.25, 0.3) is 16.7 Å². The van der Waals surface area contributed by atoms with Gasteiger partial charge in [-0.1, -0.05) is 92.1 Å². The smallest absolute Gasteiger partial charge is 0.386 e. The second-order valence-electron chi connectivity index (χ2n) is 32.5. The number of amides is 1. The number of nitrogen functional groups attached to an aromatic ring is 2. The summed E-state index contributed by atoms with van der Waals surface area (Å²) in [6, 6.07) is 1.81. The van der Waals surface area contributed by atoms with E-state index < -0.39 is 179 Å². The van der Waals surface area contributed by atoms with Crippen LogP contribution in [0.15, 0.2) is 81.5 Å². The van der Waals surface area contributed by atoms with Crippen LogP contribution in [-0.2, 0) is 109 Å². The molecule has 5 fully saturated rings. The van der Waals surface area contributed by atoms with Crippen molar-refractivity contribution < 1.29 is 102 Å². The normalized spacial score (nSPS) is 27.0. The first-order valence-electron chi connectivity index (χ1n) is 39.7. The Bertz CT molecular complexity index is 5180. The summed E-state index contributed by atoms with van der Waals surface area (Å²) in [5.41, 5.74) is 12.8. The highest BCUT2D eigenvalue weighted by atomic mass is 79.9. The minimum absolute atomic E-state index is 0.00000321. The lowest BCUT2D eigenvalue weighted by Gasteiger charge is -2.30. The molecule has 124 heavy (non-hydrogen) atoms. The molecule has 5 saturated heterocycles. The third-order valence-electron chi connectivity index (χ3n) is 20.6. The molecule has 11 rings (SSSR count). The summed E-state index contributed by atoms with van der Waals surface area (Å²) in [6.45, 7) is -1.14. The predicted molar refractivity (Wildman–Crippen MR) is 465 cm³/mol. The maximum atomic E-state index is 15.1. The van der Waals surface area contributed by atoms with Crippen molar-refractivity contribution >= 4 is 126 Å². The van der Waals surface area contributed by atoms with Crippen LogP contribution in [0.1, 0.15) is 124 Å². The molecule has 0 aliphatic carbocycles. The summed E-state index contributed by atoms with van der Waals surface area (Å²) in [5, 5.41) is 16.6. The molecule has 0 aromatic carbocycles. The van der Waals surface area contributed by atoms with E-state index in [1.807, 2.05) is 27.7 Å². The number of fused-ring (bicyclic) bond motifs is 1. The van der Waals surface area contributed by atoms with Crippen molar-refractivity contribution in [3.63, 3.8) is 0 Å². The van der Waals surface area contributed by atoms with Crippen molar-refractivity contribution in [1.82, 2.24) is 63.7 Å². The molecule has 0 radical (unpaired) electrons. The standard InChI is InChI=1S/C70H108BrN17O28P4S4/c1-38(2)41-20-56(85-14-11-53(73)79-66(85)94)109-48(41)29-107-120(124,103-19-18-101-17-16-100-15-12-75-54(90)25-69(6,7)34-102-35-70(8,9)33-76-39(3)4)116-46-24-57(86-26-40(5)62(91)82-67(86)95)111-51(46)32-106-119(99,123)115-45-23-59(88-37-78-60-61(88)80-65(74)81-64(60)93)112-50(45)31-105-118(98,122)114-44-21-55(84-13-10-52(72)77-36-84)110-49(44)30-104-117(97,121)113-43-22-58(108-47(43)28-89)87-27-42(71)63(92)83-68(87)96/h10-11,13-14,26-27,37-39,41,43-51,55-59,76,89H,12,15-25,28-36H2,1-9H3,(H2,72,77)(H,75,90)(H,97,121)(H,98,122)(H,99,123)(H2,73,79,94)(H,82,91,95)(H,83,92,96)(H3,74,80,81,93)/t41?,43?,44?,45?,46?,47-,48-,49-,50-,51-,55-,56-,57-,58-,59-,117?,118?,119?,120?/m1/s1.